The van der Waals surface area contributed by atoms with Crippen LogP contribution in [-0.4, -0.2) is 25.0 Å². The largest absolute Gasteiger partial charge is 0.278 e. The molecule has 1 aliphatic rings. The van der Waals surface area contributed by atoms with Crippen LogP contribution in [0.25, 0.3) is 33.4 Å². The number of hydrogen-bond donors (Lipinski definition) is 1. The summed E-state index contributed by atoms with van der Waals surface area (Å²) in [6.45, 7) is 2.04. The van der Waals surface area contributed by atoms with Crippen molar-refractivity contribution in [3.05, 3.63) is 54.2 Å². The van der Waals surface area contributed by atoms with Gasteiger partial charge in [-0.25, -0.2) is 14.1 Å². The van der Waals surface area contributed by atoms with E-state index >= 15 is 0 Å². The second-order valence-corrected chi connectivity index (χ2v) is 6.54. The van der Waals surface area contributed by atoms with Crippen molar-refractivity contribution in [1.29, 1.82) is 0 Å². The molecule has 5 nitrogen and oxygen atoms in total. The number of hydrogen-bond acceptors (Lipinski definition) is 3. The van der Waals surface area contributed by atoms with Gasteiger partial charge >= 0.3 is 0 Å². The number of H-pyrrole nitrogens is 1. The monoisotopic (exact) mass is 333 g/mol. The third-order valence-electron chi connectivity index (χ3n) is 4.79. The average molecular weight is 333 g/mol. The fraction of sp³-hybridized carbons (Fsp3) is 0.211. The first kappa shape index (κ1) is 14.3. The Bertz CT molecular complexity index is 1070. The zero-order valence-electron chi connectivity index (χ0n) is 13.7. The van der Waals surface area contributed by atoms with E-state index in [1.807, 2.05) is 11.6 Å². The molecule has 2 aromatic carbocycles. The highest BCUT2D eigenvalue weighted by molar-refractivity contribution is 5.96. The molecule has 1 fully saturated rings. The van der Waals surface area contributed by atoms with Gasteiger partial charge < -0.3 is 0 Å². The van der Waals surface area contributed by atoms with E-state index in [0.717, 1.165) is 46.0 Å². The number of nitrogens with one attached hydrogen (secondary N) is 1. The molecule has 0 amide bonds. The van der Waals surface area contributed by atoms with Gasteiger partial charge in [0.05, 0.1) is 17.8 Å². The summed E-state index contributed by atoms with van der Waals surface area (Å²) < 4.78 is 15.3. The Morgan fingerprint density at radius 1 is 1.20 bits per heavy atom. The highest BCUT2D eigenvalue weighted by Gasteiger charge is 2.26. The minimum absolute atomic E-state index is 0.248. The minimum Gasteiger partial charge on any atom is -0.278 e. The molecule has 1 N–H and O–H groups in total. The van der Waals surface area contributed by atoms with Crippen LogP contribution in [-0.2, 0) is 0 Å². The fourth-order valence-electron chi connectivity index (χ4n) is 3.34. The molecular formula is C19H16FN5. The average Bonchev–Trinajstić information content (AvgIpc) is 3.16. The van der Waals surface area contributed by atoms with Crippen LogP contribution in [0.1, 0.15) is 24.4 Å². The number of benzene rings is 2. The molecule has 5 rings (SSSR count). The quantitative estimate of drug-likeness (QED) is 0.609. The SMILES string of the molecule is Cc1c(-c2ccc(F)cc2)c(-c2ncn(C3CC3)n2)cc2cn[nH]c12. The number of aromatic amines is 1. The Kier molecular flexibility index (Phi) is 3.00. The highest BCUT2D eigenvalue weighted by Crippen LogP contribution is 2.39. The van der Waals surface area contributed by atoms with E-state index in [2.05, 4.69) is 26.3 Å². The lowest BCUT2D eigenvalue weighted by atomic mass is 9.92. The van der Waals surface area contributed by atoms with Crippen molar-refractivity contribution in [2.75, 3.05) is 0 Å². The molecule has 1 saturated carbocycles. The number of rotatable bonds is 3. The molecule has 124 valence electrons. The molecule has 0 saturated heterocycles. The van der Waals surface area contributed by atoms with Gasteiger partial charge in [0.15, 0.2) is 5.82 Å². The first-order valence-corrected chi connectivity index (χ1v) is 8.35. The number of nitrogens with zero attached hydrogens (tertiary/aromatic N) is 4. The second-order valence-electron chi connectivity index (χ2n) is 6.54. The van der Waals surface area contributed by atoms with Gasteiger partial charge in [0, 0.05) is 10.9 Å². The number of halogens is 1. The van der Waals surface area contributed by atoms with E-state index in [1.165, 1.54) is 12.1 Å². The van der Waals surface area contributed by atoms with Crippen LogP contribution in [0.5, 0.6) is 0 Å². The van der Waals surface area contributed by atoms with E-state index in [-0.39, 0.29) is 5.82 Å². The standard InChI is InChI=1S/C19H16FN5/c1-11-17(12-2-4-14(20)5-3-12)16(8-13-9-22-23-18(11)13)19-21-10-25(24-19)15-6-7-15/h2-5,8-10,15H,6-7H2,1H3,(H,22,23). The lowest BCUT2D eigenvalue weighted by Crippen LogP contribution is -1.96. The molecular weight excluding hydrogens is 317 g/mol. The second kappa shape index (κ2) is 5.24. The Hall–Kier alpha value is -3.02. The van der Waals surface area contributed by atoms with Gasteiger partial charge in [-0.15, -0.1) is 0 Å². The fourth-order valence-corrected chi connectivity index (χ4v) is 3.34. The highest BCUT2D eigenvalue weighted by atomic mass is 19.1. The third kappa shape index (κ3) is 2.33. The van der Waals surface area contributed by atoms with Gasteiger partial charge in [0.25, 0.3) is 0 Å². The van der Waals surface area contributed by atoms with E-state index in [0.29, 0.717) is 11.9 Å². The van der Waals surface area contributed by atoms with Crippen molar-refractivity contribution in [3.63, 3.8) is 0 Å². The third-order valence-corrected chi connectivity index (χ3v) is 4.79. The molecule has 0 spiro atoms. The lowest BCUT2D eigenvalue weighted by Gasteiger charge is -2.12. The lowest BCUT2D eigenvalue weighted by molar-refractivity contribution is 0.628. The first-order chi connectivity index (χ1) is 12.2. The minimum atomic E-state index is -0.248. The van der Waals surface area contributed by atoms with Gasteiger partial charge in [0.1, 0.15) is 12.1 Å². The molecule has 6 heteroatoms. The van der Waals surface area contributed by atoms with Crippen molar-refractivity contribution >= 4 is 10.9 Å². The molecule has 0 radical (unpaired) electrons. The first-order valence-electron chi connectivity index (χ1n) is 8.35. The van der Waals surface area contributed by atoms with Gasteiger partial charge in [-0.3, -0.25) is 5.10 Å². The molecule has 1 aliphatic carbocycles. The van der Waals surface area contributed by atoms with Gasteiger partial charge in [-0.1, -0.05) is 12.1 Å². The van der Waals surface area contributed by atoms with E-state index in [1.54, 1.807) is 24.7 Å². The Labute approximate surface area is 143 Å². The molecule has 4 aromatic rings. The summed E-state index contributed by atoms with van der Waals surface area (Å²) in [7, 11) is 0. The maximum atomic E-state index is 13.4. The van der Waals surface area contributed by atoms with Crippen molar-refractivity contribution in [2.24, 2.45) is 0 Å². The molecule has 2 aromatic heterocycles. The van der Waals surface area contributed by atoms with Crippen LogP contribution in [0, 0.1) is 12.7 Å². The molecule has 0 aliphatic heterocycles. The maximum Gasteiger partial charge on any atom is 0.181 e. The molecule has 0 atom stereocenters. The van der Waals surface area contributed by atoms with Gasteiger partial charge in [0.2, 0.25) is 0 Å². The predicted molar refractivity (Wildman–Crippen MR) is 93.5 cm³/mol. The van der Waals surface area contributed by atoms with Crippen LogP contribution in [0.3, 0.4) is 0 Å². The van der Waals surface area contributed by atoms with Crippen LogP contribution < -0.4 is 0 Å². The summed E-state index contributed by atoms with van der Waals surface area (Å²) in [4.78, 5) is 4.53. The number of aryl methyl sites for hydroxylation is 1. The normalized spacial score (nSPS) is 14.3. The van der Waals surface area contributed by atoms with Crippen LogP contribution in [0.2, 0.25) is 0 Å². The van der Waals surface area contributed by atoms with Crippen molar-refractivity contribution in [2.45, 2.75) is 25.8 Å². The topological polar surface area (TPSA) is 59.4 Å². The number of aromatic nitrogens is 5. The molecule has 0 bridgehead atoms. The summed E-state index contributed by atoms with van der Waals surface area (Å²) in [6, 6.07) is 9.08. The zero-order chi connectivity index (χ0) is 17.0. The number of fused-ring (bicyclic) bond motifs is 1. The summed E-state index contributed by atoms with van der Waals surface area (Å²) >= 11 is 0. The Morgan fingerprint density at radius 2 is 2.00 bits per heavy atom. The Balaban J connectivity index is 1.77. The Morgan fingerprint density at radius 3 is 2.76 bits per heavy atom. The molecule has 0 unspecified atom stereocenters. The summed E-state index contributed by atoms with van der Waals surface area (Å²) in [5.41, 5.74) is 4.92. The zero-order valence-corrected chi connectivity index (χ0v) is 13.7. The summed E-state index contributed by atoms with van der Waals surface area (Å²) in [5, 5.41) is 12.9. The van der Waals surface area contributed by atoms with Gasteiger partial charge in [-0.2, -0.15) is 10.2 Å². The van der Waals surface area contributed by atoms with E-state index in [9.17, 15) is 4.39 Å². The van der Waals surface area contributed by atoms with Crippen LogP contribution in [0.15, 0.2) is 42.9 Å². The van der Waals surface area contributed by atoms with Crippen molar-refractivity contribution < 1.29 is 4.39 Å². The summed E-state index contributed by atoms with van der Waals surface area (Å²) in [6.07, 6.45) is 5.93. The van der Waals surface area contributed by atoms with E-state index in [4.69, 9.17) is 0 Å². The van der Waals surface area contributed by atoms with E-state index < -0.39 is 0 Å². The van der Waals surface area contributed by atoms with Gasteiger partial charge in [-0.05, 0) is 54.7 Å². The molecule has 2 heterocycles. The smallest absolute Gasteiger partial charge is 0.181 e. The van der Waals surface area contributed by atoms with Crippen molar-refractivity contribution in [1.82, 2.24) is 25.0 Å². The summed E-state index contributed by atoms with van der Waals surface area (Å²) in [5.74, 6) is 0.444. The van der Waals surface area contributed by atoms with Crippen LogP contribution >= 0.6 is 0 Å². The maximum absolute atomic E-state index is 13.4. The molecule has 25 heavy (non-hydrogen) atoms. The van der Waals surface area contributed by atoms with Crippen molar-refractivity contribution in [3.8, 4) is 22.5 Å². The van der Waals surface area contributed by atoms with Crippen LogP contribution in [0.4, 0.5) is 4.39 Å². The predicted octanol–water partition coefficient (Wildman–Crippen LogP) is 4.27.